The van der Waals surface area contributed by atoms with E-state index < -0.39 is 0 Å². The fraction of sp³-hybridized carbons (Fsp3) is 0.533. The highest BCUT2D eigenvalue weighted by Gasteiger charge is 2.18. The van der Waals surface area contributed by atoms with Gasteiger partial charge in [0.15, 0.2) is 0 Å². The molecule has 0 atom stereocenters. The molecule has 0 aromatic heterocycles. The molecule has 0 radical (unpaired) electrons. The number of hydrogen-bond acceptors (Lipinski definition) is 3. The van der Waals surface area contributed by atoms with Crippen LogP contribution in [0.1, 0.15) is 24.2 Å². The first-order valence-electron chi connectivity index (χ1n) is 7.00. The number of nitrogens with zero attached hydrogens (tertiary/aromatic N) is 1. The van der Waals surface area contributed by atoms with Crippen molar-refractivity contribution in [1.82, 2.24) is 4.90 Å². The van der Waals surface area contributed by atoms with Gasteiger partial charge in [-0.25, -0.2) is 4.39 Å². The fourth-order valence-corrected chi connectivity index (χ4v) is 2.31. The second kappa shape index (κ2) is 9.87. The maximum Gasteiger partial charge on any atom is 0.255 e. The van der Waals surface area contributed by atoms with Gasteiger partial charge in [-0.15, -0.1) is 0 Å². The lowest BCUT2D eigenvalue weighted by molar-refractivity contribution is 0.0549. The standard InChI is InChI=1S/C15H21BrFNO3/c1-3-20-9-7-18(8-10-21-4-2)15(19)13-6-5-12(17)11-14(13)16/h5-6,11H,3-4,7-10H2,1-2H3. The summed E-state index contributed by atoms with van der Waals surface area (Å²) in [4.78, 5) is 14.2. The first kappa shape index (κ1) is 18.1. The minimum Gasteiger partial charge on any atom is -0.380 e. The van der Waals surface area contributed by atoms with Crippen molar-refractivity contribution >= 4 is 21.8 Å². The van der Waals surface area contributed by atoms with Crippen molar-refractivity contribution in [2.75, 3.05) is 39.5 Å². The minimum atomic E-state index is -0.381. The quantitative estimate of drug-likeness (QED) is 0.634. The zero-order valence-corrected chi connectivity index (χ0v) is 14.0. The third-order valence-electron chi connectivity index (χ3n) is 2.87. The van der Waals surface area contributed by atoms with E-state index in [2.05, 4.69) is 15.9 Å². The molecule has 4 nitrogen and oxygen atoms in total. The van der Waals surface area contributed by atoms with E-state index in [4.69, 9.17) is 9.47 Å². The van der Waals surface area contributed by atoms with Crippen LogP contribution >= 0.6 is 15.9 Å². The highest BCUT2D eigenvalue weighted by Crippen LogP contribution is 2.19. The van der Waals surface area contributed by atoms with Crippen molar-refractivity contribution < 1.29 is 18.7 Å². The lowest BCUT2D eigenvalue weighted by Gasteiger charge is -2.23. The van der Waals surface area contributed by atoms with Crippen molar-refractivity contribution in [3.8, 4) is 0 Å². The monoisotopic (exact) mass is 361 g/mol. The van der Waals surface area contributed by atoms with Crippen molar-refractivity contribution in [3.05, 3.63) is 34.1 Å². The molecule has 1 aromatic rings. The third-order valence-corrected chi connectivity index (χ3v) is 3.52. The van der Waals surface area contributed by atoms with E-state index in [0.717, 1.165) is 0 Å². The molecule has 0 saturated heterocycles. The number of carbonyl (C=O) groups excluding carboxylic acids is 1. The van der Waals surface area contributed by atoms with Crippen molar-refractivity contribution in [2.45, 2.75) is 13.8 Å². The van der Waals surface area contributed by atoms with Gasteiger partial charge in [-0.1, -0.05) is 0 Å². The van der Waals surface area contributed by atoms with Crippen LogP contribution in [0.3, 0.4) is 0 Å². The average molecular weight is 362 g/mol. The predicted molar refractivity (Wildman–Crippen MR) is 83.0 cm³/mol. The van der Waals surface area contributed by atoms with Gasteiger partial charge in [-0.05, 0) is 48.0 Å². The molecule has 0 aliphatic rings. The van der Waals surface area contributed by atoms with E-state index in [9.17, 15) is 9.18 Å². The Morgan fingerprint density at radius 3 is 2.24 bits per heavy atom. The van der Waals surface area contributed by atoms with E-state index >= 15 is 0 Å². The second-order valence-electron chi connectivity index (χ2n) is 4.31. The molecule has 0 fully saturated rings. The number of rotatable bonds is 9. The molecule has 0 spiro atoms. The van der Waals surface area contributed by atoms with Gasteiger partial charge in [0.25, 0.3) is 5.91 Å². The Hall–Kier alpha value is -0.980. The largest absolute Gasteiger partial charge is 0.380 e. The van der Waals surface area contributed by atoms with Crippen LogP contribution in [0.5, 0.6) is 0 Å². The molecule has 0 N–H and O–H groups in total. The van der Waals surface area contributed by atoms with Crippen LogP contribution in [0.25, 0.3) is 0 Å². The summed E-state index contributed by atoms with van der Waals surface area (Å²) >= 11 is 3.23. The molecule has 0 unspecified atom stereocenters. The Balaban J connectivity index is 2.76. The topological polar surface area (TPSA) is 38.8 Å². The van der Waals surface area contributed by atoms with Crippen LogP contribution in [0.15, 0.2) is 22.7 Å². The number of halogens is 2. The molecule has 0 aliphatic heterocycles. The third kappa shape index (κ3) is 6.11. The average Bonchev–Trinajstić information content (AvgIpc) is 2.45. The smallest absolute Gasteiger partial charge is 0.255 e. The maximum absolute atomic E-state index is 13.1. The summed E-state index contributed by atoms with van der Waals surface area (Å²) < 4.78 is 24.2. The summed E-state index contributed by atoms with van der Waals surface area (Å²) in [5.74, 6) is -0.546. The number of amides is 1. The molecule has 118 valence electrons. The SMILES string of the molecule is CCOCCN(CCOCC)C(=O)c1ccc(F)cc1Br. The second-order valence-corrected chi connectivity index (χ2v) is 5.16. The zero-order chi connectivity index (χ0) is 15.7. The predicted octanol–water partition coefficient (Wildman–Crippen LogP) is 3.10. The summed E-state index contributed by atoms with van der Waals surface area (Å²) in [7, 11) is 0. The highest BCUT2D eigenvalue weighted by molar-refractivity contribution is 9.10. The van der Waals surface area contributed by atoms with Gasteiger partial charge in [0.1, 0.15) is 5.82 Å². The summed E-state index contributed by atoms with van der Waals surface area (Å²) in [6, 6.07) is 4.05. The highest BCUT2D eigenvalue weighted by atomic mass is 79.9. The van der Waals surface area contributed by atoms with Crippen molar-refractivity contribution in [1.29, 1.82) is 0 Å². The van der Waals surface area contributed by atoms with Gasteiger partial charge >= 0.3 is 0 Å². The molecule has 1 amide bonds. The molecule has 1 aromatic carbocycles. The lowest BCUT2D eigenvalue weighted by Crippen LogP contribution is -2.37. The Labute approximate surface area is 133 Å². The summed E-state index contributed by atoms with van der Waals surface area (Å²) in [5, 5.41) is 0. The zero-order valence-electron chi connectivity index (χ0n) is 12.4. The molecular formula is C15H21BrFNO3. The normalized spacial score (nSPS) is 10.7. The van der Waals surface area contributed by atoms with Gasteiger partial charge in [-0.2, -0.15) is 0 Å². The van der Waals surface area contributed by atoms with Gasteiger partial charge in [0.05, 0.1) is 18.8 Å². The van der Waals surface area contributed by atoms with E-state index in [1.54, 1.807) is 4.90 Å². The van der Waals surface area contributed by atoms with E-state index in [0.29, 0.717) is 49.6 Å². The summed E-state index contributed by atoms with van der Waals surface area (Å²) in [6.07, 6.45) is 0. The molecule has 0 saturated carbocycles. The number of benzene rings is 1. The van der Waals surface area contributed by atoms with Crippen LogP contribution in [0.2, 0.25) is 0 Å². The van der Waals surface area contributed by atoms with Crippen LogP contribution in [0.4, 0.5) is 4.39 Å². The number of ether oxygens (including phenoxy) is 2. The Kier molecular flexibility index (Phi) is 8.49. The van der Waals surface area contributed by atoms with Crippen molar-refractivity contribution in [2.24, 2.45) is 0 Å². The lowest BCUT2D eigenvalue weighted by atomic mass is 10.2. The molecule has 0 heterocycles. The van der Waals surface area contributed by atoms with Crippen LogP contribution < -0.4 is 0 Å². The maximum atomic E-state index is 13.1. The van der Waals surface area contributed by atoms with Crippen LogP contribution in [-0.2, 0) is 9.47 Å². The van der Waals surface area contributed by atoms with E-state index in [-0.39, 0.29) is 11.7 Å². The Morgan fingerprint density at radius 1 is 1.19 bits per heavy atom. The molecule has 1 rings (SSSR count). The number of hydrogen-bond donors (Lipinski definition) is 0. The van der Waals surface area contributed by atoms with Crippen LogP contribution in [0, 0.1) is 5.82 Å². The summed E-state index contributed by atoms with van der Waals surface area (Å²) in [5.41, 5.74) is 0.435. The van der Waals surface area contributed by atoms with Gasteiger partial charge < -0.3 is 14.4 Å². The molecular weight excluding hydrogens is 341 g/mol. The Morgan fingerprint density at radius 2 is 1.76 bits per heavy atom. The fourth-order valence-electron chi connectivity index (χ4n) is 1.79. The van der Waals surface area contributed by atoms with Gasteiger partial charge in [0.2, 0.25) is 0 Å². The first-order chi connectivity index (χ1) is 10.1. The van der Waals surface area contributed by atoms with Crippen molar-refractivity contribution in [3.63, 3.8) is 0 Å². The van der Waals surface area contributed by atoms with Crippen LogP contribution in [-0.4, -0.2) is 50.3 Å². The molecule has 21 heavy (non-hydrogen) atoms. The number of carbonyl (C=O) groups is 1. The minimum absolute atomic E-state index is 0.165. The van der Waals surface area contributed by atoms with E-state index in [1.165, 1.54) is 18.2 Å². The van der Waals surface area contributed by atoms with Gasteiger partial charge in [0, 0.05) is 30.8 Å². The Bertz CT molecular complexity index is 447. The van der Waals surface area contributed by atoms with Gasteiger partial charge in [-0.3, -0.25) is 4.79 Å². The molecule has 0 aliphatic carbocycles. The molecule has 0 bridgehead atoms. The first-order valence-corrected chi connectivity index (χ1v) is 7.79. The molecule has 6 heteroatoms. The summed E-state index contributed by atoms with van der Waals surface area (Å²) in [6.45, 7) is 6.90. The van der Waals surface area contributed by atoms with E-state index in [1.807, 2.05) is 13.8 Å².